The molecule has 1 aromatic heterocycles. The maximum absolute atomic E-state index is 4.97. The molecule has 1 aromatic carbocycles. The zero-order chi connectivity index (χ0) is 13.9. The first-order chi connectivity index (χ1) is 9.78. The van der Waals surface area contributed by atoms with Gasteiger partial charge < -0.3 is 5.32 Å². The normalized spacial score (nSPS) is 18.0. The molecule has 1 aliphatic rings. The molecular formula is C17H22N2S. The molecule has 3 heteroatoms. The summed E-state index contributed by atoms with van der Waals surface area (Å²) < 4.78 is 0. The molecular weight excluding hydrogens is 264 g/mol. The van der Waals surface area contributed by atoms with Crippen molar-refractivity contribution in [2.75, 3.05) is 13.6 Å². The second kappa shape index (κ2) is 6.06. The average Bonchev–Trinajstić information content (AvgIpc) is 2.85. The van der Waals surface area contributed by atoms with Crippen molar-refractivity contribution in [1.29, 1.82) is 0 Å². The maximum atomic E-state index is 4.97. The number of hydrogen-bond acceptors (Lipinski definition) is 3. The van der Waals surface area contributed by atoms with Crippen molar-refractivity contribution in [1.82, 2.24) is 10.3 Å². The fourth-order valence-electron chi connectivity index (χ4n) is 3.05. The first-order valence-electron chi connectivity index (χ1n) is 7.45. The second-order valence-corrected chi connectivity index (χ2v) is 6.83. The number of aromatic nitrogens is 1. The van der Waals surface area contributed by atoms with Crippen molar-refractivity contribution < 1.29 is 0 Å². The lowest BCUT2D eigenvalue weighted by atomic mass is 9.91. The van der Waals surface area contributed by atoms with Gasteiger partial charge in [0.1, 0.15) is 0 Å². The lowest BCUT2D eigenvalue weighted by Gasteiger charge is -2.20. The van der Waals surface area contributed by atoms with E-state index in [1.165, 1.54) is 46.0 Å². The Morgan fingerprint density at radius 2 is 2.20 bits per heavy atom. The minimum Gasteiger partial charge on any atom is -0.319 e. The van der Waals surface area contributed by atoms with E-state index in [1.54, 1.807) is 0 Å². The van der Waals surface area contributed by atoms with Gasteiger partial charge in [-0.3, -0.25) is 0 Å². The molecule has 106 valence electrons. The van der Waals surface area contributed by atoms with Crippen LogP contribution in [0.15, 0.2) is 24.3 Å². The van der Waals surface area contributed by atoms with Crippen LogP contribution in [0.3, 0.4) is 0 Å². The first kappa shape index (κ1) is 13.8. The van der Waals surface area contributed by atoms with Gasteiger partial charge in [0.15, 0.2) is 0 Å². The first-order valence-corrected chi connectivity index (χ1v) is 8.27. The van der Waals surface area contributed by atoms with Gasteiger partial charge in [0.2, 0.25) is 0 Å². The van der Waals surface area contributed by atoms with E-state index in [2.05, 4.69) is 36.5 Å². The summed E-state index contributed by atoms with van der Waals surface area (Å²) in [7, 11) is 2.04. The van der Waals surface area contributed by atoms with E-state index < -0.39 is 0 Å². The van der Waals surface area contributed by atoms with E-state index in [4.69, 9.17) is 4.98 Å². The number of nitrogens with zero attached hydrogens (tertiary/aromatic N) is 1. The van der Waals surface area contributed by atoms with Crippen LogP contribution in [-0.4, -0.2) is 18.6 Å². The van der Waals surface area contributed by atoms with E-state index in [0.717, 1.165) is 13.0 Å². The molecule has 1 atom stereocenters. The standard InChI is InChI=1S/C17H22N2S/c1-12-6-3-4-7-13(12)10-16-19-17-14(11-18-2)8-5-9-15(17)20-16/h3-4,6-7,14,18H,5,8-11H2,1-2H3. The third-order valence-corrected chi connectivity index (χ3v) is 5.30. The molecule has 2 nitrogen and oxygen atoms in total. The van der Waals surface area contributed by atoms with Crippen molar-refractivity contribution in [3.05, 3.63) is 51.0 Å². The lowest BCUT2D eigenvalue weighted by Crippen LogP contribution is -2.21. The van der Waals surface area contributed by atoms with Crippen molar-refractivity contribution >= 4 is 11.3 Å². The van der Waals surface area contributed by atoms with E-state index in [-0.39, 0.29) is 0 Å². The second-order valence-electron chi connectivity index (χ2n) is 5.67. The summed E-state index contributed by atoms with van der Waals surface area (Å²) in [5, 5.41) is 4.60. The van der Waals surface area contributed by atoms with Crippen LogP contribution in [-0.2, 0) is 12.8 Å². The molecule has 1 aliphatic carbocycles. The van der Waals surface area contributed by atoms with Crippen molar-refractivity contribution in [2.24, 2.45) is 0 Å². The van der Waals surface area contributed by atoms with E-state index in [1.807, 2.05) is 18.4 Å². The Bertz CT molecular complexity index is 588. The Labute approximate surface area is 125 Å². The number of rotatable bonds is 4. The van der Waals surface area contributed by atoms with Gasteiger partial charge in [0, 0.05) is 23.8 Å². The highest BCUT2D eigenvalue weighted by Crippen LogP contribution is 2.35. The monoisotopic (exact) mass is 286 g/mol. The zero-order valence-electron chi connectivity index (χ0n) is 12.3. The summed E-state index contributed by atoms with van der Waals surface area (Å²) in [6.07, 6.45) is 4.80. The molecule has 0 amide bonds. The molecule has 0 fully saturated rings. The molecule has 2 aromatic rings. The lowest BCUT2D eigenvalue weighted by molar-refractivity contribution is 0.522. The minimum atomic E-state index is 0.616. The molecule has 0 spiro atoms. The summed E-state index contributed by atoms with van der Waals surface area (Å²) in [6.45, 7) is 3.24. The van der Waals surface area contributed by atoms with Crippen LogP contribution >= 0.6 is 11.3 Å². The fraction of sp³-hybridized carbons (Fsp3) is 0.471. The van der Waals surface area contributed by atoms with Gasteiger partial charge >= 0.3 is 0 Å². The molecule has 3 rings (SSSR count). The number of nitrogens with one attached hydrogen (secondary N) is 1. The van der Waals surface area contributed by atoms with Crippen LogP contribution in [0.25, 0.3) is 0 Å². The molecule has 0 bridgehead atoms. The Kier molecular flexibility index (Phi) is 4.18. The van der Waals surface area contributed by atoms with E-state index in [0.29, 0.717) is 5.92 Å². The van der Waals surface area contributed by atoms with Gasteiger partial charge in [-0.05, 0) is 44.4 Å². The van der Waals surface area contributed by atoms with Crippen LogP contribution in [0.5, 0.6) is 0 Å². The summed E-state index contributed by atoms with van der Waals surface area (Å²) in [6, 6.07) is 8.64. The molecule has 1 heterocycles. The predicted octanol–water partition coefficient (Wildman–Crippen LogP) is 3.68. The van der Waals surface area contributed by atoms with Crippen molar-refractivity contribution in [2.45, 2.75) is 38.5 Å². The number of hydrogen-bond donors (Lipinski definition) is 1. The minimum absolute atomic E-state index is 0.616. The van der Waals surface area contributed by atoms with Gasteiger partial charge in [-0.15, -0.1) is 11.3 Å². The summed E-state index contributed by atoms with van der Waals surface area (Å²) >= 11 is 1.93. The molecule has 0 saturated heterocycles. The van der Waals surface area contributed by atoms with Crippen LogP contribution in [0.4, 0.5) is 0 Å². The topological polar surface area (TPSA) is 24.9 Å². The summed E-state index contributed by atoms with van der Waals surface area (Å²) in [5.74, 6) is 0.616. The maximum Gasteiger partial charge on any atom is 0.0975 e. The third-order valence-electron chi connectivity index (χ3n) is 4.17. The SMILES string of the molecule is CNCC1CCCc2sc(Cc3ccccc3C)nc21. The largest absolute Gasteiger partial charge is 0.319 e. The Morgan fingerprint density at radius 3 is 3.00 bits per heavy atom. The summed E-state index contributed by atoms with van der Waals surface area (Å²) in [4.78, 5) is 6.49. The number of aryl methyl sites for hydroxylation is 2. The number of fused-ring (bicyclic) bond motifs is 1. The zero-order valence-corrected chi connectivity index (χ0v) is 13.1. The van der Waals surface area contributed by atoms with E-state index in [9.17, 15) is 0 Å². The number of likely N-dealkylation sites (N-methyl/N-ethyl adjacent to an activating group) is 1. The molecule has 1 unspecified atom stereocenters. The highest BCUT2D eigenvalue weighted by atomic mass is 32.1. The van der Waals surface area contributed by atoms with Crippen molar-refractivity contribution in [3.63, 3.8) is 0 Å². The van der Waals surface area contributed by atoms with Gasteiger partial charge in [-0.1, -0.05) is 24.3 Å². The van der Waals surface area contributed by atoms with E-state index >= 15 is 0 Å². The van der Waals surface area contributed by atoms with Gasteiger partial charge in [-0.2, -0.15) is 0 Å². The Morgan fingerprint density at radius 1 is 1.35 bits per heavy atom. The molecule has 0 aliphatic heterocycles. The van der Waals surface area contributed by atoms with Crippen LogP contribution in [0.1, 0.15) is 45.5 Å². The third kappa shape index (κ3) is 2.79. The highest BCUT2D eigenvalue weighted by molar-refractivity contribution is 7.11. The van der Waals surface area contributed by atoms with Gasteiger partial charge in [0.05, 0.1) is 10.7 Å². The van der Waals surface area contributed by atoms with Crippen LogP contribution < -0.4 is 5.32 Å². The molecule has 1 N–H and O–H groups in total. The van der Waals surface area contributed by atoms with Crippen LogP contribution in [0.2, 0.25) is 0 Å². The van der Waals surface area contributed by atoms with Gasteiger partial charge in [0.25, 0.3) is 0 Å². The van der Waals surface area contributed by atoms with Crippen LogP contribution in [0, 0.1) is 6.92 Å². The summed E-state index contributed by atoms with van der Waals surface area (Å²) in [5.41, 5.74) is 4.15. The Balaban J connectivity index is 1.84. The molecule has 0 saturated carbocycles. The average molecular weight is 286 g/mol. The Hall–Kier alpha value is -1.19. The quantitative estimate of drug-likeness (QED) is 0.927. The molecule has 0 radical (unpaired) electrons. The highest BCUT2D eigenvalue weighted by Gasteiger charge is 2.24. The van der Waals surface area contributed by atoms with Crippen molar-refractivity contribution in [3.8, 4) is 0 Å². The fourth-order valence-corrected chi connectivity index (χ4v) is 4.27. The number of benzene rings is 1. The number of thiazole rings is 1. The predicted molar refractivity (Wildman–Crippen MR) is 85.7 cm³/mol. The molecule has 20 heavy (non-hydrogen) atoms. The van der Waals surface area contributed by atoms with Gasteiger partial charge in [-0.25, -0.2) is 4.98 Å². The smallest absolute Gasteiger partial charge is 0.0975 e.